The minimum atomic E-state index is -1.16. The van der Waals surface area contributed by atoms with Crippen molar-refractivity contribution >= 4 is 11.8 Å². The molecule has 1 N–H and O–H groups in total. The van der Waals surface area contributed by atoms with E-state index in [1.165, 1.54) is 0 Å². The third-order valence-electron chi connectivity index (χ3n) is 3.65. The predicted molar refractivity (Wildman–Crippen MR) is 89.9 cm³/mol. The van der Waals surface area contributed by atoms with Crippen molar-refractivity contribution in [2.24, 2.45) is 0 Å². The van der Waals surface area contributed by atoms with Gasteiger partial charge in [0.05, 0.1) is 6.61 Å². The molecule has 1 heterocycles. The van der Waals surface area contributed by atoms with Crippen molar-refractivity contribution in [3.63, 3.8) is 0 Å². The van der Waals surface area contributed by atoms with E-state index in [2.05, 4.69) is 5.32 Å². The van der Waals surface area contributed by atoms with E-state index in [0.29, 0.717) is 12.2 Å². The Labute approximate surface area is 138 Å². The van der Waals surface area contributed by atoms with Gasteiger partial charge in [0.15, 0.2) is 5.60 Å². The second kappa shape index (κ2) is 8.67. The Bertz CT molecular complexity index is 533. The number of carbonyl (C=O) groups excluding carboxylic acids is 2. The van der Waals surface area contributed by atoms with Gasteiger partial charge in [0.25, 0.3) is 0 Å². The number of ether oxygens (including phenoxy) is 2. The van der Waals surface area contributed by atoms with E-state index >= 15 is 0 Å². The molecule has 0 bridgehead atoms. The molecule has 0 radical (unpaired) electrons. The highest BCUT2D eigenvalue weighted by Gasteiger charge is 2.47. The topological polar surface area (TPSA) is 64.6 Å². The van der Waals surface area contributed by atoms with E-state index in [-0.39, 0.29) is 24.0 Å². The van der Waals surface area contributed by atoms with Crippen LogP contribution in [0.1, 0.15) is 40.5 Å². The summed E-state index contributed by atoms with van der Waals surface area (Å²) in [4.78, 5) is 24.9. The molecule has 0 amide bonds. The van der Waals surface area contributed by atoms with E-state index in [1.807, 2.05) is 33.0 Å². The van der Waals surface area contributed by atoms with Crippen LogP contribution in [0.2, 0.25) is 0 Å². The summed E-state index contributed by atoms with van der Waals surface area (Å²) in [5, 5.41) is 3.08. The van der Waals surface area contributed by atoms with Crippen molar-refractivity contribution < 1.29 is 19.1 Å². The molecule has 1 aliphatic rings. The molecule has 0 saturated carbocycles. The van der Waals surface area contributed by atoms with Crippen molar-refractivity contribution in [3.05, 3.63) is 35.6 Å². The van der Waals surface area contributed by atoms with Gasteiger partial charge in [-0.05, 0) is 40.3 Å². The monoisotopic (exact) mass is 321 g/mol. The maximum absolute atomic E-state index is 12.7. The summed E-state index contributed by atoms with van der Waals surface area (Å²) in [5.41, 5.74) is -1.14. The number of allylic oxidation sites excluding steroid dienone is 3. The van der Waals surface area contributed by atoms with Gasteiger partial charge in [0, 0.05) is 12.5 Å². The van der Waals surface area contributed by atoms with Crippen LogP contribution in [0.25, 0.3) is 0 Å². The second-order valence-corrected chi connectivity index (χ2v) is 5.65. The number of carbonyl (C=O) groups is 2. The summed E-state index contributed by atoms with van der Waals surface area (Å²) in [7, 11) is 1.82. The first-order valence-corrected chi connectivity index (χ1v) is 8.05. The smallest absolute Gasteiger partial charge is 0.345 e. The largest absolute Gasteiger partial charge is 0.478 e. The molecule has 0 spiro atoms. The van der Waals surface area contributed by atoms with E-state index in [4.69, 9.17) is 9.47 Å². The molecule has 2 atom stereocenters. The average molecular weight is 321 g/mol. The third kappa shape index (κ3) is 4.79. The zero-order valence-corrected chi connectivity index (χ0v) is 14.6. The van der Waals surface area contributed by atoms with Gasteiger partial charge in [0.2, 0.25) is 5.78 Å². The van der Waals surface area contributed by atoms with E-state index in [9.17, 15) is 9.59 Å². The maximum atomic E-state index is 12.7. The van der Waals surface area contributed by atoms with Gasteiger partial charge in [-0.25, -0.2) is 4.79 Å². The SMILES string of the molecule is CC/C=C/C=C/C1(C)OC(CC(C)NC)=C(C(=O)OCC)C1=O. The zero-order chi connectivity index (χ0) is 17.5. The summed E-state index contributed by atoms with van der Waals surface area (Å²) in [6.07, 6.45) is 8.65. The minimum absolute atomic E-state index is 0.0283. The molecule has 128 valence electrons. The van der Waals surface area contributed by atoms with Gasteiger partial charge in [0.1, 0.15) is 11.3 Å². The molecule has 0 aromatic heterocycles. The van der Waals surface area contributed by atoms with Crippen molar-refractivity contribution in [1.82, 2.24) is 5.32 Å². The van der Waals surface area contributed by atoms with E-state index in [0.717, 1.165) is 6.42 Å². The summed E-state index contributed by atoms with van der Waals surface area (Å²) in [6, 6.07) is 0.0774. The molecule has 5 heteroatoms. The Hall–Kier alpha value is -1.88. The van der Waals surface area contributed by atoms with Crippen LogP contribution in [0.4, 0.5) is 0 Å². The lowest BCUT2D eigenvalue weighted by molar-refractivity contribution is -0.140. The lowest BCUT2D eigenvalue weighted by atomic mass is 9.95. The maximum Gasteiger partial charge on any atom is 0.345 e. The molecule has 2 unspecified atom stereocenters. The first-order chi connectivity index (χ1) is 10.9. The Balaban J connectivity index is 3.09. The summed E-state index contributed by atoms with van der Waals surface area (Å²) < 4.78 is 10.9. The summed E-state index contributed by atoms with van der Waals surface area (Å²) >= 11 is 0. The van der Waals surface area contributed by atoms with Crippen molar-refractivity contribution in [2.45, 2.75) is 52.2 Å². The Morgan fingerprint density at radius 2 is 2.09 bits per heavy atom. The van der Waals surface area contributed by atoms with Gasteiger partial charge < -0.3 is 14.8 Å². The third-order valence-corrected chi connectivity index (χ3v) is 3.65. The molecular formula is C18H27NO4. The number of rotatable bonds is 8. The van der Waals surface area contributed by atoms with Crippen LogP contribution in [0.3, 0.4) is 0 Å². The number of ketones is 1. The van der Waals surface area contributed by atoms with Gasteiger partial charge in [-0.1, -0.05) is 25.2 Å². The second-order valence-electron chi connectivity index (χ2n) is 5.65. The first kappa shape index (κ1) is 19.2. The van der Waals surface area contributed by atoms with Gasteiger partial charge in [-0.15, -0.1) is 0 Å². The summed E-state index contributed by atoms with van der Waals surface area (Å²) in [5.74, 6) is -0.575. The average Bonchev–Trinajstić information content (AvgIpc) is 2.75. The molecule has 1 aliphatic heterocycles. The molecule has 0 aliphatic carbocycles. The number of hydrogen-bond donors (Lipinski definition) is 1. The van der Waals surface area contributed by atoms with Crippen LogP contribution in [0, 0.1) is 0 Å². The van der Waals surface area contributed by atoms with Crippen molar-refractivity contribution in [3.8, 4) is 0 Å². The molecular weight excluding hydrogens is 294 g/mol. The highest BCUT2D eigenvalue weighted by molar-refractivity contribution is 6.22. The van der Waals surface area contributed by atoms with Gasteiger partial charge >= 0.3 is 5.97 Å². The van der Waals surface area contributed by atoms with Crippen molar-refractivity contribution in [2.75, 3.05) is 13.7 Å². The highest BCUT2D eigenvalue weighted by atomic mass is 16.5. The summed E-state index contributed by atoms with van der Waals surface area (Å²) in [6.45, 7) is 7.58. The fourth-order valence-electron chi connectivity index (χ4n) is 2.23. The van der Waals surface area contributed by atoms with Gasteiger partial charge in [-0.2, -0.15) is 0 Å². The molecule has 5 nitrogen and oxygen atoms in total. The van der Waals surface area contributed by atoms with Crippen LogP contribution in [0.5, 0.6) is 0 Å². The Morgan fingerprint density at radius 1 is 1.39 bits per heavy atom. The zero-order valence-electron chi connectivity index (χ0n) is 14.6. The van der Waals surface area contributed by atoms with Crippen molar-refractivity contribution in [1.29, 1.82) is 0 Å². The molecule has 23 heavy (non-hydrogen) atoms. The van der Waals surface area contributed by atoms with Crippen LogP contribution in [0.15, 0.2) is 35.6 Å². The van der Waals surface area contributed by atoms with Crippen LogP contribution >= 0.6 is 0 Å². The number of esters is 1. The standard InChI is InChI=1S/C18H27NO4/c1-6-8-9-10-11-18(4)16(20)15(17(21)22-7-2)14(23-18)12-13(3)19-5/h8-11,13,19H,6-7,12H2,1-5H3/b9-8+,11-10+. The highest BCUT2D eigenvalue weighted by Crippen LogP contribution is 2.34. The molecule has 0 aromatic carbocycles. The normalized spacial score (nSPS) is 22.9. The molecule has 0 aromatic rings. The Morgan fingerprint density at radius 3 is 2.65 bits per heavy atom. The fourth-order valence-corrected chi connectivity index (χ4v) is 2.23. The first-order valence-electron chi connectivity index (χ1n) is 8.05. The van der Waals surface area contributed by atoms with E-state index in [1.54, 1.807) is 26.0 Å². The molecule has 0 fully saturated rings. The quantitative estimate of drug-likeness (QED) is 0.423. The fraction of sp³-hybridized carbons (Fsp3) is 0.556. The Kier molecular flexibility index (Phi) is 7.23. The minimum Gasteiger partial charge on any atom is -0.478 e. The predicted octanol–water partition coefficient (Wildman–Crippen LogP) is 2.68. The molecule has 1 rings (SSSR count). The van der Waals surface area contributed by atoms with Crippen LogP contribution < -0.4 is 5.32 Å². The number of Topliss-reactive ketones (excluding diaryl/α,β-unsaturated/α-hetero) is 1. The van der Waals surface area contributed by atoms with E-state index < -0.39 is 11.6 Å². The lowest BCUT2D eigenvalue weighted by Crippen LogP contribution is -2.33. The van der Waals surface area contributed by atoms with Gasteiger partial charge in [-0.3, -0.25) is 4.79 Å². The van der Waals surface area contributed by atoms with Crippen LogP contribution in [-0.4, -0.2) is 37.0 Å². The lowest BCUT2D eigenvalue weighted by Gasteiger charge is -2.20. The number of nitrogens with one attached hydrogen (secondary N) is 1. The molecule has 0 saturated heterocycles. The van der Waals surface area contributed by atoms with Crippen LogP contribution in [-0.2, 0) is 19.1 Å². The number of hydrogen-bond acceptors (Lipinski definition) is 5.